The van der Waals surface area contributed by atoms with Crippen LogP contribution in [0.1, 0.15) is 19.4 Å². The first-order chi connectivity index (χ1) is 8.99. The van der Waals surface area contributed by atoms with Gasteiger partial charge < -0.3 is 11.1 Å². The molecule has 0 bridgehead atoms. The van der Waals surface area contributed by atoms with Crippen molar-refractivity contribution in [2.45, 2.75) is 20.4 Å². The first kappa shape index (κ1) is 13.5. The molecule has 2 aromatic rings. The smallest absolute Gasteiger partial charge is 0.224 e. The van der Waals surface area contributed by atoms with Crippen molar-refractivity contribution >= 4 is 16.7 Å². The number of pyridine rings is 1. The zero-order chi connectivity index (χ0) is 13.9. The van der Waals surface area contributed by atoms with E-state index in [1.807, 2.05) is 26.1 Å². The summed E-state index contributed by atoms with van der Waals surface area (Å²) in [6, 6.07) is 8.24. The minimum absolute atomic E-state index is 0.287. The Hall–Kier alpha value is -1.94. The second-order valence-corrected chi connectivity index (χ2v) is 5.41. The van der Waals surface area contributed by atoms with Crippen LogP contribution in [-0.2, 0) is 11.3 Å². The number of carbonyl (C=O) groups is 1. The zero-order valence-corrected chi connectivity index (χ0v) is 11.3. The van der Waals surface area contributed by atoms with Crippen LogP contribution in [0.3, 0.4) is 0 Å². The molecule has 0 aliphatic rings. The fraction of sp³-hybridized carbons (Fsp3) is 0.333. The molecule has 0 aliphatic heterocycles. The molecule has 19 heavy (non-hydrogen) atoms. The van der Waals surface area contributed by atoms with Crippen molar-refractivity contribution in [1.29, 1.82) is 0 Å². The number of aromatic nitrogens is 1. The monoisotopic (exact) mass is 257 g/mol. The Bertz CT molecular complexity index is 593. The number of nitrogens with one attached hydrogen (secondary N) is 1. The summed E-state index contributed by atoms with van der Waals surface area (Å²) in [4.78, 5) is 15.3. The van der Waals surface area contributed by atoms with Crippen LogP contribution < -0.4 is 11.1 Å². The number of nitrogens with two attached hydrogens (primary N) is 1. The van der Waals surface area contributed by atoms with Gasteiger partial charge in [-0.2, -0.15) is 0 Å². The van der Waals surface area contributed by atoms with E-state index in [2.05, 4.69) is 28.5 Å². The fourth-order valence-electron chi connectivity index (χ4n) is 1.85. The summed E-state index contributed by atoms with van der Waals surface area (Å²) in [5.74, 6) is -0.287. The standard InChI is InChI=1S/C15H19N3O/c1-15(2,14(16)19)10-18-8-11-3-4-13-9-17-6-5-12(13)7-11/h3-7,9,18H,8,10H2,1-2H3,(H2,16,19). The van der Waals surface area contributed by atoms with E-state index in [9.17, 15) is 4.79 Å². The number of rotatable bonds is 5. The highest BCUT2D eigenvalue weighted by Gasteiger charge is 2.23. The van der Waals surface area contributed by atoms with Gasteiger partial charge in [0, 0.05) is 30.9 Å². The molecule has 0 fully saturated rings. The Morgan fingerprint density at radius 1 is 1.32 bits per heavy atom. The quantitative estimate of drug-likeness (QED) is 0.858. The first-order valence-corrected chi connectivity index (χ1v) is 6.32. The summed E-state index contributed by atoms with van der Waals surface area (Å²) >= 11 is 0. The highest BCUT2D eigenvalue weighted by molar-refractivity contribution is 5.82. The van der Waals surface area contributed by atoms with Gasteiger partial charge in [-0.25, -0.2) is 0 Å². The minimum Gasteiger partial charge on any atom is -0.369 e. The largest absolute Gasteiger partial charge is 0.369 e. The summed E-state index contributed by atoms with van der Waals surface area (Å²) < 4.78 is 0. The summed E-state index contributed by atoms with van der Waals surface area (Å²) in [6.07, 6.45) is 3.64. The Morgan fingerprint density at radius 3 is 2.84 bits per heavy atom. The van der Waals surface area contributed by atoms with Gasteiger partial charge in [0.15, 0.2) is 0 Å². The van der Waals surface area contributed by atoms with Gasteiger partial charge in [0.05, 0.1) is 5.41 Å². The Morgan fingerprint density at radius 2 is 2.11 bits per heavy atom. The van der Waals surface area contributed by atoms with Crippen molar-refractivity contribution in [3.63, 3.8) is 0 Å². The molecule has 0 radical (unpaired) electrons. The lowest BCUT2D eigenvalue weighted by molar-refractivity contribution is -0.125. The number of hydrogen-bond donors (Lipinski definition) is 2. The third-order valence-corrected chi connectivity index (χ3v) is 3.27. The number of carbonyl (C=O) groups excluding carboxylic acids is 1. The second kappa shape index (κ2) is 5.36. The van der Waals surface area contributed by atoms with Crippen LogP contribution in [0.15, 0.2) is 36.7 Å². The molecule has 2 rings (SSSR count). The Labute approximate surface area is 113 Å². The maximum absolute atomic E-state index is 11.2. The van der Waals surface area contributed by atoms with Crippen LogP contribution in [0.25, 0.3) is 10.8 Å². The summed E-state index contributed by atoms with van der Waals surface area (Å²) in [5, 5.41) is 5.57. The van der Waals surface area contributed by atoms with Crippen molar-refractivity contribution in [2.24, 2.45) is 11.1 Å². The summed E-state index contributed by atoms with van der Waals surface area (Å²) in [6.45, 7) is 4.97. The molecule has 100 valence electrons. The molecular weight excluding hydrogens is 238 g/mol. The molecule has 1 aromatic heterocycles. The molecule has 0 spiro atoms. The summed E-state index contributed by atoms with van der Waals surface area (Å²) in [5.41, 5.74) is 5.99. The van der Waals surface area contributed by atoms with Gasteiger partial charge in [-0.3, -0.25) is 9.78 Å². The predicted octanol–water partition coefficient (Wildman–Crippen LogP) is 1.84. The SMILES string of the molecule is CC(C)(CNCc1ccc2cnccc2c1)C(N)=O. The maximum atomic E-state index is 11.2. The van der Waals surface area contributed by atoms with Gasteiger partial charge in [0.25, 0.3) is 0 Å². The van der Waals surface area contributed by atoms with Crippen LogP contribution >= 0.6 is 0 Å². The molecular formula is C15H19N3O. The van der Waals surface area contributed by atoms with Gasteiger partial charge in [-0.05, 0) is 36.9 Å². The first-order valence-electron chi connectivity index (χ1n) is 6.32. The van der Waals surface area contributed by atoms with Crippen molar-refractivity contribution in [3.05, 3.63) is 42.2 Å². The van der Waals surface area contributed by atoms with E-state index < -0.39 is 5.41 Å². The van der Waals surface area contributed by atoms with Crippen LogP contribution in [0, 0.1) is 5.41 Å². The van der Waals surface area contributed by atoms with Gasteiger partial charge in [0.2, 0.25) is 5.91 Å². The lowest BCUT2D eigenvalue weighted by Crippen LogP contribution is -2.40. The normalized spacial score (nSPS) is 11.7. The van der Waals surface area contributed by atoms with E-state index in [0.29, 0.717) is 6.54 Å². The lowest BCUT2D eigenvalue weighted by Gasteiger charge is -2.20. The fourth-order valence-corrected chi connectivity index (χ4v) is 1.85. The van der Waals surface area contributed by atoms with E-state index in [1.165, 1.54) is 10.9 Å². The van der Waals surface area contributed by atoms with Crippen LogP contribution in [0.5, 0.6) is 0 Å². The third-order valence-electron chi connectivity index (χ3n) is 3.27. The van der Waals surface area contributed by atoms with Crippen LogP contribution in [0.4, 0.5) is 0 Å². The van der Waals surface area contributed by atoms with Crippen molar-refractivity contribution in [1.82, 2.24) is 10.3 Å². The van der Waals surface area contributed by atoms with E-state index in [1.54, 1.807) is 6.20 Å². The molecule has 1 heterocycles. The molecule has 4 heteroatoms. The van der Waals surface area contributed by atoms with E-state index >= 15 is 0 Å². The van der Waals surface area contributed by atoms with Gasteiger partial charge in [-0.15, -0.1) is 0 Å². The average molecular weight is 257 g/mol. The highest BCUT2D eigenvalue weighted by atomic mass is 16.1. The molecule has 0 atom stereocenters. The van der Waals surface area contributed by atoms with Gasteiger partial charge >= 0.3 is 0 Å². The van der Waals surface area contributed by atoms with Crippen molar-refractivity contribution in [3.8, 4) is 0 Å². The van der Waals surface area contributed by atoms with E-state index in [-0.39, 0.29) is 5.91 Å². The number of nitrogens with zero attached hydrogens (tertiary/aromatic N) is 1. The topological polar surface area (TPSA) is 68.0 Å². The molecule has 0 saturated heterocycles. The Balaban J connectivity index is 2.00. The van der Waals surface area contributed by atoms with Crippen LogP contribution in [-0.4, -0.2) is 17.4 Å². The number of fused-ring (bicyclic) bond motifs is 1. The minimum atomic E-state index is -0.527. The van der Waals surface area contributed by atoms with Crippen molar-refractivity contribution in [2.75, 3.05) is 6.54 Å². The Kier molecular flexibility index (Phi) is 3.81. The lowest BCUT2D eigenvalue weighted by atomic mass is 9.93. The second-order valence-electron chi connectivity index (χ2n) is 5.41. The number of hydrogen-bond acceptors (Lipinski definition) is 3. The summed E-state index contributed by atoms with van der Waals surface area (Å²) in [7, 11) is 0. The maximum Gasteiger partial charge on any atom is 0.224 e. The van der Waals surface area contributed by atoms with Crippen molar-refractivity contribution < 1.29 is 4.79 Å². The van der Waals surface area contributed by atoms with E-state index in [4.69, 9.17) is 5.73 Å². The third kappa shape index (κ3) is 3.29. The van der Waals surface area contributed by atoms with E-state index in [0.717, 1.165) is 11.9 Å². The number of primary amides is 1. The molecule has 1 aromatic carbocycles. The molecule has 0 saturated carbocycles. The average Bonchev–Trinajstić information content (AvgIpc) is 2.38. The molecule has 0 aliphatic carbocycles. The molecule has 1 amide bonds. The van der Waals surface area contributed by atoms with Crippen LogP contribution in [0.2, 0.25) is 0 Å². The molecule has 3 N–H and O–H groups in total. The molecule has 0 unspecified atom stereocenters. The zero-order valence-electron chi connectivity index (χ0n) is 11.3. The highest BCUT2D eigenvalue weighted by Crippen LogP contribution is 2.15. The molecule has 4 nitrogen and oxygen atoms in total. The van der Waals surface area contributed by atoms with Gasteiger partial charge in [0.1, 0.15) is 0 Å². The number of benzene rings is 1. The van der Waals surface area contributed by atoms with Gasteiger partial charge in [-0.1, -0.05) is 12.1 Å². The number of amides is 1. The predicted molar refractivity (Wildman–Crippen MR) is 76.4 cm³/mol.